The van der Waals surface area contributed by atoms with Gasteiger partial charge in [-0.1, -0.05) is 12.1 Å². The minimum absolute atomic E-state index is 0.701. The van der Waals surface area contributed by atoms with Gasteiger partial charge in [-0.15, -0.1) is 0 Å². The van der Waals surface area contributed by atoms with Crippen LogP contribution in [0.25, 0.3) is 10.9 Å². The quantitative estimate of drug-likeness (QED) is 0.732. The van der Waals surface area contributed by atoms with Gasteiger partial charge >= 0.3 is 0 Å². The van der Waals surface area contributed by atoms with Gasteiger partial charge in [-0.05, 0) is 46.1 Å². The largest absolute Gasteiger partial charge is 0.345 e. The lowest BCUT2D eigenvalue weighted by Gasteiger charge is -2.05. The first-order chi connectivity index (χ1) is 9.78. The van der Waals surface area contributed by atoms with Gasteiger partial charge in [0, 0.05) is 28.8 Å². The Morgan fingerprint density at radius 1 is 1.20 bits per heavy atom. The van der Waals surface area contributed by atoms with Gasteiger partial charge < -0.3 is 4.57 Å². The highest BCUT2D eigenvalue weighted by Crippen LogP contribution is 2.25. The molecule has 2 heterocycles. The highest BCUT2D eigenvalue weighted by atomic mass is 79.9. The maximum absolute atomic E-state index is 8.79. The van der Waals surface area contributed by atoms with Crippen LogP contribution in [-0.4, -0.2) is 9.55 Å². The third-order valence-electron chi connectivity index (χ3n) is 3.36. The predicted octanol–water partition coefficient (Wildman–Crippen LogP) is 3.91. The zero-order chi connectivity index (χ0) is 13.9. The Balaban J connectivity index is 1.81. The molecule has 0 amide bonds. The second-order valence-electron chi connectivity index (χ2n) is 4.62. The molecule has 0 N–H and O–H groups in total. The molecule has 0 aliphatic heterocycles. The number of benzene rings is 1. The van der Waals surface area contributed by atoms with Crippen LogP contribution in [0.2, 0.25) is 0 Å². The van der Waals surface area contributed by atoms with E-state index < -0.39 is 0 Å². The smallest absolute Gasteiger partial charge is 0.0991 e. The highest BCUT2D eigenvalue weighted by Gasteiger charge is 2.06. The van der Waals surface area contributed by atoms with E-state index in [9.17, 15) is 0 Å². The lowest BCUT2D eigenvalue weighted by molar-refractivity contribution is 0.721. The molecule has 0 spiro atoms. The number of aryl methyl sites for hydroxylation is 2. The van der Waals surface area contributed by atoms with Crippen molar-refractivity contribution in [1.82, 2.24) is 9.55 Å². The average molecular weight is 326 g/mol. The van der Waals surface area contributed by atoms with Gasteiger partial charge in [-0.25, -0.2) is 0 Å². The molecular weight excluding hydrogens is 314 g/mol. The Morgan fingerprint density at radius 3 is 2.75 bits per heavy atom. The van der Waals surface area contributed by atoms with Gasteiger partial charge in [0.1, 0.15) is 0 Å². The van der Waals surface area contributed by atoms with E-state index in [1.807, 2.05) is 36.5 Å². The predicted molar refractivity (Wildman–Crippen MR) is 82.3 cm³/mol. The van der Waals surface area contributed by atoms with Crippen molar-refractivity contribution < 1.29 is 0 Å². The summed E-state index contributed by atoms with van der Waals surface area (Å²) in [5.74, 6) is 0. The van der Waals surface area contributed by atoms with E-state index in [1.165, 1.54) is 10.9 Å². The number of aromatic nitrogens is 2. The van der Waals surface area contributed by atoms with Gasteiger partial charge in [-0.3, -0.25) is 4.98 Å². The van der Waals surface area contributed by atoms with Gasteiger partial charge in [0.25, 0.3) is 0 Å². The summed E-state index contributed by atoms with van der Waals surface area (Å²) in [5.41, 5.74) is 3.06. The van der Waals surface area contributed by atoms with Crippen LogP contribution in [0.15, 0.2) is 53.4 Å². The molecule has 0 bridgehead atoms. The van der Waals surface area contributed by atoms with Crippen molar-refractivity contribution in [2.45, 2.75) is 13.0 Å². The number of rotatable bonds is 3. The lowest BCUT2D eigenvalue weighted by atomic mass is 10.1. The normalized spacial score (nSPS) is 10.6. The molecule has 0 aliphatic carbocycles. The number of hydrogen-bond donors (Lipinski definition) is 0. The van der Waals surface area contributed by atoms with E-state index in [2.05, 4.69) is 37.7 Å². The number of halogens is 1. The number of hydrogen-bond acceptors (Lipinski definition) is 2. The molecule has 3 aromatic rings. The molecule has 0 saturated heterocycles. The summed E-state index contributed by atoms with van der Waals surface area (Å²) >= 11 is 3.58. The Hall–Kier alpha value is -2.12. The second kappa shape index (κ2) is 5.48. The molecule has 20 heavy (non-hydrogen) atoms. The molecule has 0 fully saturated rings. The van der Waals surface area contributed by atoms with Crippen LogP contribution in [-0.2, 0) is 13.0 Å². The second-order valence-corrected chi connectivity index (χ2v) is 5.48. The first-order valence-corrected chi connectivity index (χ1v) is 7.14. The Kier molecular flexibility index (Phi) is 3.53. The van der Waals surface area contributed by atoms with E-state index in [0.29, 0.717) is 5.56 Å². The minimum atomic E-state index is 0.701. The molecule has 1 aromatic carbocycles. The molecule has 98 valence electrons. The van der Waals surface area contributed by atoms with E-state index >= 15 is 0 Å². The number of nitriles is 1. The van der Waals surface area contributed by atoms with Crippen LogP contribution >= 0.6 is 15.9 Å². The summed E-state index contributed by atoms with van der Waals surface area (Å²) in [7, 11) is 0. The summed E-state index contributed by atoms with van der Waals surface area (Å²) in [5, 5.41) is 9.97. The molecule has 3 rings (SSSR count). The SMILES string of the molecule is N#Cc1ccc(CCn2cc(Br)c3ccncc32)cc1. The summed E-state index contributed by atoms with van der Waals surface area (Å²) in [4.78, 5) is 4.19. The number of nitrogens with zero attached hydrogens (tertiary/aromatic N) is 3. The monoisotopic (exact) mass is 325 g/mol. The zero-order valence-corrected chi connectivity index (χ0v) is 12.3. The van der Waals surface area contributed by atoms with E-state index in [1.54, 1.807) is 6.20 Å². The van der Waals surface area contributed by atoms with Crippen LogP contribution < -0.4 is 0 Å². The fourth-order valence-electron chi connectivity index (χ4n) is 2.27. The first-order valence-electron chi connectivity index (χ1n) is 6.35. The number of pyridine rings is 1. The van der Waals surface area contributed by atoms with Crippen LogP contribution in [0.1, 0.15) is 11.1 Å². The van der Waals surface area contributed by atoms with E-state index in [4.69, 9.17) is 5.26 Å². The maximum atomic E-state index is 8.79. The van der Waals surface area contributed by atoms with Crippen LogP contribution in [0.3, 0.4) is 0 Å². The van der Waals surface area contributed by atoms with Crippen LogP contribution in [0, 0.1) is 11.3 Å². The molecule has 4 heteroatoms. The molecule has 0 atom stereocenters. The van der Waals surface area contributed by atoms with Crippen molar-refractivity contribution in [3.05, 3.63) is 64.5 Å². The standard InChI is InChI=1S/C16H12BrN3/c17-15-11-20(16-10-19-7-5-14(15)16)8-6-12-1-3-13(9-18)4-2-12/h1-5,7,10-11H,6,8H2. The molecule has 0 unspecified atom stereocenters. The van der Waals surface area contributed by atoms with E-state index in [0.717, 1.165) is 23.0 Å². The van der Waals surface area contributed by atoms with Crippen molar-refractivity contribution in [2.75, 3.05) is 0 Å². The maximum Gasteiger partial charge on any atom is 0.0991 e. The fraction of sp³-hybridized carbons (Fsp3) is 0.125. The third-order valence-corrected chi connectivity index (χ3v) is 3.99. The van der Waals surface area contributed by atoms with E-state index in [-0.39, 0.29) is 0 Å². The Bertz CT molecular complexity index is 782. The van der Waals surface area contributed by atoms with Crippen molar-refractivity contribution >= 4 is 26.8 Å². The molecular formula is C16H12BrN3. The first kappa shape index (κ1) is 12.9. The number of fused-ring (bicyclic) bond motifs is 1. The van der Waals surface area contributed by atoms with Crippen LogP contribution in [0.5, 0.6) is 0 Å². The molecule has 0 saturated carbocycles. The topological polar surface area (TPSA) is 41.6 Å². The summed E-state index contributed by atoms with van der Waals surface area (Å²) < 4.78 is 3.29. The Labute approximate surface area is 125 Å². The van der Waals surface area contributed by atoms with Crippen molar-refractivity contribution in [3.63, 3.8) is 0 Å². The average Bonchev–Trinajstić information content (AvgIpc) is 2.83. The molecule has 3 nitrogen and oxygen atoms in total. The van der Waals surface area contributed by atoms with Crippen LogP contribution in [0.4, 0.5) is 0 Å². The molecule has 2 aromatic heterocycles. The van der Waals surface area contributed by atoms with Crippen molar-refractivity contribution in [2.24, 2.45) is 0 Å². The summed E-state index contributed by atoms with van der Waals surface area (Å²) in [6.07, 6.45) is 6.71. The molecule has 0 aliphatic rings. The van der Waals surface area contributed by atoms with Gasteiger partial charge in [0.15, 0.2) is 0 Å². The lowest BCUT2D eigenvalue weighted by Crippen LogP contribution is -1.99. The Morgan fingerprint density at radius 2 is 2.00 bits per heavy atom. The minimum Gasteiger partial charge on any atom is -0.345 e. The highest BCUT2D eigenvalue weighted by molar-refractivity contribution is 9.10. The zero-order valence-electron chi connectivity index (χ0n) is 10.8. The van der Waals surface area contributed by atoms with Gasteiger partial charge in [0.2, 0.25) is 0 Å². The third kappa shape index (κ3) is 2.45. The van der Waals surface area contributed by atoms with Gasteiger partial charge in [-0.2, -0.15) is 5.26 Å². The van der Waals surface area contributed by atoms with Crippen molar-refractivity contribution in [1.29, 1.82) is 5.26 Å². The summed E-state index contributed by atoms with van der Waals surface area (Å²) in [6.45, 7) is 0.889. The molecule has 0 radical (unpaired) electrons. The fourth-order valence-corrected chi connectivity index (χ4v) is 2.86. The summed E-state index contributed by atoms with van der Waals surface area (Å²) in [6, 6.07) is 11.9. The van der Waals surface area contributed by atoms with Crippen molar-refractivity contribution in [3.8, 4) is 6.07 Å². The van der Waals surface area contributed by atoms with Gasteiger partial charge in [0.05, 0.1) is 23.3 Å².